The van der Waals surface area contributed by atoms with Gasteiger partial charge in [-0.3, -0.25) is 4.79 Å². The van der Waals surface area contributed by atoms with Crippen molar-refractivity contribution in [3.8, 4) is 0 Å². The molecule has 88 valence electrons. The van der Waals surface area contributed by atoms with Gasteiger partial charge in [-0.15, -0.1) is 5.01 Å². The van der Waals surface area contributed by atoms with E-state index in [1.54, 1.807) is 11.9 Å². The second-order valence-electron chi connectivity index (χ2n) is 4.12. The number of rotatable bonds is 2. The van der Waals surface area contributed by atoms with Crippen LogP contribution in [0.1, 0.15) is 13.8 Å². The standard InChI is InChI=1S/C13H14N2O2/c1-9-12(10(2)16)13(17)15(14(9)3)11-7-5-4-6-8-11/h4-8H,1-3H3/p+1. The molecule has 0 saturated heterocycles. The van der Waals surface area contributed by atoms with E-state index in [4.69, 9.17) is 0 Å². The summed E-state index contributed by atoms with van der Waals surface area (Å²) in [5, 5.41) is 2.36. The van der Waals surface area contributed by atoms with Crippen molar-refractivity contribution in [3.63, 3.8) is 0 Å². The van der Waals surface area contributed by atoms with Gasteiger partial charge in [-0.1, -0.05) is 18.2 Å². The van der Waals surface area contributed by atoms with Gasteiger partial charge in [0.25, 0.3) is 0 Å². The van der Waals surface area contributed by atoms with Crippen LogP contribution in [-0.2, 0) is 9.59 Å². The Kier molecular flexibility index (Phi) is 2.81. The Bertz CT molecular complexity index is 505. The number of nitrogens with one attached hydrogen (secondary N) is 1. The maximum Gasteiger partial charge on any atom is 0.379 e. The second kappa shape index (κ2) is 4.14. The van der Waals surface area contributed by atoms with Crippen molar-refractivity contribution < 1.29 is 14.6 Å². The van der Waals surface area contributed by atoms with Crippen molar-refractivity contribution in [1.29, 1.82) is 0 Å². The Balaban J connectivity index is 2.44. The average molecular weight is 231 g/mol. The van der Waals surface area contributed by atoms with E-state index in [2.05, 4.69) is 0 Å². The monoisotopic (exact) mass is 231 g/mol. The van der Waals surface area contributed by atoms with E-state index in [9.17, 15) is 9.59 Å². The minimum atomic E-state index is -0.177. The number of nitrogens with zero attached hydrogens (tertiary/aromatic N) is 1. The van der Waals surface area contributed by atoms with Crippen LogP contribution in [0.4, 0.5) is 5.69 Å². The SMILES string of the molecule is CC(=O)C1=C(C)N(C)[NH+](c2ccccc2)C1=O. The van der Waals surface area contributed by atoms with Crippen LogP contribution in [0.3, 0.4) is 0 Å². The summed E-state index contributed by atoms with van der Waals surface area (Å²) in [5.41, 5.74) is 1.86. The highest BCUT2D eigenvalue weighted by atomic mass is 16.2. The van der Waals surface area contributed by atoms with Crippen molar-refractivity contribution in [2.75, 3.05) is 7.05 Å². The van der Waals surface area contributed by atoms with E-state index in [1.807, 2.05) is 37.4 Å². The van der Waals surface area contributed by atoms with E-state index in [-0.39, 0.29) is 11.7 Å². The Morgan fingerprint density at radius 3 is 2.29 bits per heavy atom. The summed E-state index contributed by atoms with van der Waals surface area (Å²) in [6, 6.07) is 9.41. The fourth-order valence-corrected chi connectivity index (χ4v) is 2.11. The zero-order valence-electron chi connectivity index (χ0n) is 10.2. The van der Waals surface area contributed by atoms with Crippen LogP contribution in [0.25, 0.3) is 0 Å². The van der Waals surface area contributed by atoms with Gasteiger partial charge in [-0.2, -0.15) is 0 Å². The zero-order valence-corrected chi connectivity index (χ0v) is 10.2. The topological polar surface area (TPSA) is 41.8 Å². The van der Waals surface area contributed by atoms with Crippen molar-refractivity contribution in [1.82, 2.24) is 5.01 Å². The van der Waals surface area contributed by atoms with E-state index in [0.29, 0.717) is 10.6 Å². The molecule has 1 heterocycles. The Morgan fingerprint density at radius 1 is 1.24 bits per heavy atom. The van der Waals surface area contributed by atoms with Gasteiger partial charge in [0.15, 0.2) is 11.5 Å². The van der Waals surface area contributed by atoms with E-state index in [1.165, 1.54) is 6.92 Å². The summed E-state index contributed by atoms with van der Waals surface area (Å²) in [6.45, 7) is 3.23. The van der Waals surface area contributed by atoms with Crippen LogP contribution < -0.4 is 5.01 Å². The quantitative estimate of drug-likeness (QED) is 0.752. The molecule has 0 radical (unpaired) electrons. The molecule has 2 rings (SSSR count). The molecule has 1 amide bonds. The van der Waals surface area contributed by atoms with Gasteiger partial charge < -0.3 is 0 Å². The molecule has 1 aromatic carbocycles. The van der Waals surface area contributed by atoms with E-state index >= 15 is 0 Å². The molecule has 0 saturated carbocycles. The van der Waals surface area contributed by atoms with Crippen molar-refractivity contribution in [3.05, 3.63) is 41.6 Å². The molecule has 0 aliphatic carbocycles. The Labute approximate surface area is 100 Å². The average Bonchev–Trinajstić information content (AvgIpc) is 2.51. The summed E-state index contributed by atoms with van der Waals surface area (Å²) in [7, 11) is 1.81. The molecule has 1 aliphatic heterocycles. The molecule has 0 fully saturated rings. The van der Waals surface area contributed by atoms with Crippen LogP contribution in [0.2, 0.25) is 0 Å². The minimum Gasteiger partial charge on any atom is -0.294 e. The van der Waals surface area contributed by atoms with Gasteiger partial charge in [0.1, 0.15) is 5.57 Å². The highest BCUT2D eigenvalue weighted by molar-refractivity contribution is 6.17. The van der Waals surface area contributed by atoms with Crippen LogP contribution in [0.15, 0.2) is 41.6 Å². The smallest absolute Gasteiger partial charge is 0.294 e. The van der Waals surface area contributed by atoms with Gasteiger partial charge in [0.05, 0.1) is 12.7 Å². The molecule has 4 nitrogen and oxygen atoms in total. The number of carbonyl (C=O) groups is 2. The predicted octanol–water partition coefficient (Wildman–Crippen LogP) is 0.453. The fraction of sp³-hybridized carbons (Fsp3) is 0.231. The number of carbonyl (C=O) groups excluding carboxylic acids is 2. The first-order chi connectivity index (χ1) is 8.04. The normalized spacial score (nSPS) is 20.1. The van der Waals surface area contributed by atoms with E-state index in [0.717, 1.165) is 11.4 Å². The Hall–Kier alpha value is -1.94. The van der Waals surface area contributed by atoms with Crippen LogP contribution >= 0.6 is 0 Å². The van der Waals surface area contributed by atoms with Crippen LogP contribution in [0.5, 0.6) is 0 Å². The first kappa shape index (κ1) is 11.5. The number of hydrogen-bond donors (Lipinski definition) is 1. The number of benzene rings is 1. The highest BCUT2D eigenvalue weighted by Crippen LogP contribution is 2.14. The van der Waals surface area contributed by atoms with Gasteiger partial charge in [-0.25, -0.2) is 9.80 Å². The third kappa shape index (κ3) is 1.76. The van der Waals surface area contributed by atoms with Crippen LogP contribution in [0, 0.1) is 0 Å². The van der Waals surface area contributed by atoms with Gasteiger partial charge in [0, 0.05) is 12.1 Å². The lowest BCUT2D eigenvalue weighted by atomic mass is 10.1. The summed E-state index contributed by atoms with van der Waals surface area (Å²) in [5.74, 6) is -0.353. The van der Waals surface area contributed by atoms with Crippen LogP contribution in [-0.4, -0.2) is 23.7 Å². The second-order valence-corrected chi connectivity index (χ2v) is 4.12. The molecular formula is C13H15N2O2+. The van der Waals surface area contributed by atoms with Gasteiger partial charge in [0.2, 0.25) is 0 Å². The molecular weight excluding hydrogens is 216 g/mol. The number of amides is 1. The third-order valence-electron chi connectivity index (χ3n) is 3.04. The highest BCUT2D eigenvalue weighted by Gasteiger charge is 2.41. The largest absolute Gasteiger partial charge is 0.379 e. The molecule has 0 aromatic heterocycles. The number of allylic oxidation sites excluding steroid dienone is 1. The fourth-order valence-electron chi connectivity index (χ4n) is 2.11. The lowest BCUT2D eigenvalue weighted by Crippen LogP contribution is -3.13. The van der Waals surface area contributed by atoms with E-state index < -0.39 is 0 Å². The maximum absolute atomic E-state index is 12.2. The first-order valence-corrected chi connectivity index (χ1v) is 5.46. The van der Waals surface area contributed by atoms with Gasteiger partial charge >= 0.3 is 5.91 Å². The predicted molar refractivity (Wildman–Crippen MR) is 63.2 cm³/mol. The number of hydrogen-bond acceptors (Lipinski definition) is 3. The molecule has 0 spiro atoms. The maximum atomic E-state index is 12.2. The first-order valence-electron chi connectivity index (χ1n) is 5.46. The molecule has 1 aliphatic rings. The molecule has 1 atom stereocenters. The minimum absolute atomic E-state index is 0.176. The lowest BCUT2D eigenvalue weighted by Gasteiger charge is -2.20. The molecule has 17 heavy (non-hydrogen) atoms. The molecule has 1 aromatic rings. The summed E-state index contributed by atoms with van der Waals surface area (Å²) < 4.78 is 0. The summed E-state index contributed by atoms with van der Waals surface area (Å²) in [4.78, 5) is 23.7. The number of para-hydroxylation sites is 1. The lowest BCUT2D eigenvalue weighted by molar-refractivity contribution is -0.866. The summed E-state index contributed by atoms with van der Waals surface area (Å²) in [6.07, 6.45) is 0. The van der Waals surface area contributed by atoms with Crippen molar-refractivity contribution in [2.24, 2.45) is 0 Å². The third-order valence-corrected chi connectivity index (χ3v) is 3.04. The molecule has 1 unspecified atom stereocenters. The van der Waals surface area contributed by atoms with Crippen molar-refractivity contribution in [2.45, 2.75) is 13.8 Å². The molecule has 1 N–H and O–H groups in total. The number of quaternary nitrogens is 1. The molecule has 0 bridgehead atoms. The zero-order chi connectivity index (χ0) is 12.6. The number of ketones is 1. The Morgan fingerprint density at radius 2 is 1.82 bits per heavy atom. The summed E-state index contributed by atoms with van der Waals surface area (Å²) >= 11 is 0. The van der Waals surface area contributed by atoms with Gasteiger partial charge in [-0.05, 0) is 13.8 Å². The van der Waals surface area contributed by atoms with Crippen molar-refractivity contribution >= 4 is 17.4 Å². The molecule has 4 heteroatoms. The number of Topliss-reactive ketones (excluding diaryl/α,β-unsaturated/α-hetero) is 1.